The first-order valence-electron chi connectivity index (χ1n) is 3.33. The normalized spacial score (nSPS) is 5.15. The van der Waals surface area contributed by atoms with Crippen molar-refractivity contribution in [2.24, 2.45) is 0 Å². The van der Waals surface area contributed by atoms with Gasteiger partial charge in [-0.1, -0.05) is 20.8 Å². The van der Waals surface area contributed by atoms with Gasteiger partial charge in [-0.2, -0.15) is 35.9 Å². The van der Waals surface area contributed by atoms with Crippen LogP contribution in [0.15, 0.2) is 24.3 Å². The Balaban J connectivity index is -0.0000000335. The Morgan fingerprint density at radius 2 is 1.54 bits per heavy atom. The SMILES string of the molecule is CC.Cc1[c-]cccc1.[CH3-].[CH3-].[W+2].[Y]. The first-order valence-corrected chi connectivity index (χ1v) is 3.33. The molecule has 0 spiro atoms. The largest absolute Gasteiger partial charge is 2.00 e. The zero-order valence-electron chi connectivity index (χ0n) is 9.29. The quantitative estimate of drug-likeness (QED) is 0.558. The van der Waals surface area contributed by atoms with Crippen LogP contribution in [0.2, 0.25) is 0 Å². The average molecular weight is 424 g/mol. The molecule has 0 aliphatic rings. The van der Waals surface area contributed by atoms with Crippen LogP contribution in [0.3, 0.4) is 0 Å². The molecule has 0 N–H and O–H groups in total. The molecule has 0 fully saturated rings. The van der Waals surface area contributed by atoms with E-state index in [9.17, 15) is 0 Å². The van der Waals surface area contributed by atoms with Gasteiger partial charge in [0.15, 0.2) is 0 Å². The molecular weight excluding hydrogens is 405 g/mol. The predicted molar refractivity (Wildman–Crippen MR) is 54.2 cm³/mol. The maximum absolute atomic E-state index is 3.03. The van der Waals surface area contributed by atoms with Crippen molar-refractivity contribution < 1.29 is 53.8 Å². The van der Waals surface area contributed by atoms with Crippen molar-refractivity contribution >= 4 is 0 Å². The van der Waals surface area contributed by atoms with E-state index in [1.54, 1.807) is 0 Å². The second-order valence-electron chi connectivity index (χ2n) is 1.55. The van der Waals surface area contributed by atoms with Crippen molar-refractivity contribution in [2.75, 3.05) is 0 Å². The maximum Gasteiger partial charge on any atom is 2.00 e. The van der Waals surface area contributed by atoms with Gasteiger partial charge in [0.05, 0.1) is 0 Å². The van der Waals surface area contributed by atoms with Gasteiger partial charge >= 0.3 is 21.1 Å². The smallest absolute Gasteiger partial charge is 0.358 e. The molecule has 0 atom stereocenters. The Morgan fingerprint density at radius 1 is 1.08 bits per heavy atom. The van der Waals surface area contributed by atoms with Gasteiger partial charge in [-0.05, 0) is 0 Å². The van der Waals surface area contributed by atoms with E-state index in [0.29, 0.717) is 0 Å². The van der Waals surface area contributed by atoms with Gasteiger partial charge in [-0.15, -0.1) is 0 Å². The summed E-state index contributed by atoms with van der Waals surface area (Å²) >= 11 is 0. The molecular formula is C11H19WY-. The molecule has 1 rings (SSSR count). The standard InChI is InChI=1S/C7H7.C2H6.2CH3.W.Y/c1-7-5-3-2-4-6-7;1-2;;;;/h2-5H,1H3;1-2H3;2*1H3;;/q-1;;2*-1;+2;. The number of aryl methyl sites for hydroxylation is 1. The van der Waals surface area contributed by atoms with Crippen LogP contribution < -0.4 is 0 Å². The van der Waals surface area contributed by atoms with Crippen LogP contribution in [-0.2, 0) is 53.8 Å². The van der Waals surface area contributed by atoms with Crippen molar-refractivity contribution in [3.8, 4) is 0 Å². The topological polar surface area (TPSA) is 0 Å². The Kier molecular flexibility index (Phi) is 51.9. The minimum absolute atomic E-state index is 0. The van der Waals surface area contributed by atoms with E-state index >= 15 is 0 Å². The molecule has 0 bridgehead atoms. The van der Waals surface area contributed by atoms with E-state index < -0.39 is 0 Å². The van der Waals surface area contributed by atoms with Gasteiger partial charge in [0.25, 0.3) is 0 Å². The van der Waals surface area contributed by atoms with Crippen LogP contribution >= 0.6 is 0 Å². The molecule has 2 heteroatoms. The zero-order chi connectivity index (χ0) is 7.11. The Hall–Kier alpha value is 1.01. The van der Waals surface area contributed by atoms with Gasteiger partial charge < -0.3 is 14.9 Å². The molecule has 1 aromatic rings. The summed E-state index contributed by atoms with van der Waals surface area (Å²) in [6.07, 6.45) is 0. The minimum Gasteiger partial charge on any atom is -0.358 e. The van der Waals surface area contributed by atoms with E-state index in [1.165, 1.54) is 5.56 Å². The number of hydrogen-bond donors (Lipinski definition) is 0. The van der Waals surface area contributed by atoms with Gasteiger partial charge in [-0.3, -0.25) is 0 Å². The summed E-state index contributed by atoms with van der Waals surface area (Å²) in [6, 6.07) is 10.9. The van der Waals surface area contributed by atoms with Gasteiger partial charge in [-0.25, -0.2) is 0 Å². The molecule has 1 radical (unpaired) electrons. The Labute approximate surface area is 124 Å². The molecule has 13 heavy (non-hydrogen) atoms. The van der Waals surface area contributed by atoms with Gasteiger partial charge in [0.1, 0.15) is 0 Å². The molecule has 0 heterocycles. The van der Waals surface area contributed by atoms with Crippen LogP contribution in [0.1, 0.15) is 19.4 Å². The molecule has 0 aliphatic carbocycles. The summed E-state index contributed by atoms with van der Waals surface area (Å²) in [5, 5.41) is 0. The predicted octanol–water partition coefficient (Wildman–Crippen LogP) is 3.72. The van der Waals surface area contributed by atoms with E-state index in [1.807, 2.05) is 45.0 Å². The molecule has 0 aliphatic heterocycles. The third-order valence-electron chi connectivity index (χ3n) is 0.865. The summed E-state index contributed by atoms with van der Waals surface area (Å²) in [4.78, 5) is 0. The fourth-order valence-electron chi connectivity index (χ4n) is 0.483. The third kappa shape index (κ3) is 19.4. The van der Waals surface area contributed by atoms with Crippen molar-refractivity contribution in [1.29, 1.82) is 0 Å². The second-order valence-corrected chi connectivity index (χ2v) is 1.55. The molecule has 0 saturated carbocycles. The second kappa shape index (κ2) is 23.1. The molecule has 0 unspecified atom stereocenters. The van der Waals surface area contributed by atoms with E-state index in [0.717, 1.165) is 0 Å². The zero-order valence-corrected chi connectivity index (χ0v) is 15.1. The molecule has 73 valence electrons. The number of hydrogen-bond acceptors (Lipinski definition) is 0. The molecule has 0 saturated heterocycles. The molecule has 1 aromatic carbocycles. The Morgan fingerprint density at radius 3 is 1.69 bits per heavy atom. The number of benzene rings is 1. The first kappa shape index (κ1) is 29.2. The summed E-state index contributed by atoms with van der Waals surface area (Å²) in [6.45, 7) is 6.03. The van der Waals surface area contributed by atoms with Crippen molar-refractivity contribution in [3.05, 3.63) is 50.7 Å². The summed E-state index contributed by atoms with van der Waals surface area (Å²) < 4.78 is 0. The first-order chi connectivity index (χ1) is 4.39. The summed E-state index contributed by atoms with van der Waals surface area (Å²) in [7, 11) is 0. The van der Waals surface area contributed by atoms with E-state index in [2.05, 4.69) is 6.07 Å². The van der Waals surface area contributed by atoms with Crippen molar-refractivity contribution in [2.45, 2.75) is 20.8 Å². The minimum atomic E-state index is 0. The van der Waals surface area contributed by atoms with Crippen LogP contribution in [0, 0.1) is 27.8 Å². The average Bonchev–Trinajstić information content (AvgIpc) is 1.94. The Bertz CT molecular complexity index is 140. The van der Waals surface area contributed by atoms with E-state index in [-0.39, 0.29) is 68.6 Å². The van der Waals surface area contributed by atoms with Gasteiger partial charge in [0, 0.05) is 32.7 Å². The monoisotopic (exact) mass is 424 g/mol. The van der Waals surface area contributed by atoms with Crippen LogP contribution in [0.4, 0.5) is 0 Å². The molecule has 0 amide bonds. The fraction of sp³-hybridized carbons (Fsp3) is 0.273. The van der Waals surface area contributed by atoms with Crippen LogP contribution in [-0.4, -0.2) is 0 Å². The van der Waals surface area contributed by atoms with Crippen LogP contribution in [0.25, 0.3) is 0 Å². The molecule has 0 aromatic heterocycles. The van der Waals surface area contributed by atoms with Crippen molar-refractivity contribution in [1.82, 2.24) is 0 Å². The van der Waals surface area contributed by atoms with Crippen LogP contribution in [0.5, 0.6) is 0 Å². The third-order valence-corrected chi connectivity index (χ3v) is 0.865. The van der Waals surface area contributed by atoms with Crippen molar-refractivity contribution in [3.63, 3.8) is 0 Å². The summed E-state index contributed by atoms with van der Waals surface area (Å²) in [5.41, 5.74) is 1.20. The maximum atomic E-state index is 3.03. The summed E-state index contributed by atoms with van der Waals surface area (Å²) in [5.74, 6) is 0. The van der Waals surface area contributed by atoms with E-state index in [4.69, 9.17) is 0 Å². The fourth-order valence-corrected chi connectivity index (χ4v) is 0.483. The van der Waals surface area contributed by atoms with Gasteiger partial charge in [0.2, 0.25) is 0 Å². The number of rotatable bonds is 0. The molecule has 0 nitrogen and oxygen atoms in total.